The van der Waals surface area contributed by atoms with E-state index in [-0.39, 0.29) is 6.04 Å². The van der Waals surface area contributed by atoms with Crippen LogP contribution in [0.1, 0.15) is 37.0 Å². The Hall–Kier alpha value is -1.78. The van der Waals surface area contributed by atoms with Gasteiger partial charge < -0.3 is 9.15 Å². The highest BCUT2D eigenvalue weighted by Crippen LogP contribution is 2.30. The molecular weight excluding hydrogens is 240 g/mol. The van der Waals surface area contributed by atoms with Gasteiger partial charge in [0.2, 0.25) is 0 Å². The summed E-state index contributed by atoms with van der Waals surface area (Å²) in [6.07, 6.45) is 0.865. The van der Waals surface area contributed by atoms with Crippen LogP contribution < -0.4 is 16.0 Å². The molecular formula is C15H20N2O2. The maximum atomic E-state index is 5.78. The number of para-hydroxylation sites is 1. The van der Waals surface area contributed by atoms with Crippen molar-refractivity contribution in [3.05, 3.63) is 53.5 Å². The van der Waals surface area contributed by atoms with E-state index in [0.717, 1.165) is 29.3 Å². The van der Waals surface area contributed by atoms with Crippen molar-refractivity contribution in [2.75, 3.05) is 6.61 Å². The molecule has 102 valence electrons. The molecule has 0 amide bonds. The number of nitrogens with two attached hydrogens (primary N) is 1. The van der Waals surface area contributed by atoms with E-state index in [2.05, 4.69) is 12.3 Å². The van der Waals surface area contributed by atoms with Crippen molar-refractivity contribution in [2.24, 2.45) is 5.84 Å². The molecule has 0 aliphatic heterocycles. The molecule has 2 rings (SSSR count). The summed E-state index contributed by atoms with van der Waals surface area (Å²) in [7, 11) is 0. The lowest BCUT2D eigenvalue weighted by Crippen LogP contribution is -2.29. The first kappa shape index (κ1) is 13.6. The molecule has 3 N–H and O–H groups in total. The second-order valence-corrected chi connectivity index (χ2v) is 4.23. The Labute approximate surface area is 113 Å². The molecule has 1 aromatic carbocycles. The summed E-state index contributed by atoms with van der Waals surface area (Å²) >= 11 is 0. The zero-order valence-corrected chi connectivity index (χ0v) is 11.3. The molecule has 2 aromatic rings. The number of hydrogen-bond acceptors (Lipinski definition) is 4. The molecule has 4 heteroatoms. The van der Waals surface area contributed by atoms with Crippen molar-refractivity contribution >= 4 is 0 Å². The zero-order valence-electron chi connectivity index (χ0n) is 11.3. The van der Waals surface area contributed by atoms with E-state index in [1.54, 1.807) is 0 Å². The number of aryl methyl sites for hydroxylation is 1. The minimum atomic E-state index is -0.206. The van der Waals surface area contributed by atoms with Crippen LogP contribution in [0.2, 0.25) is 0 Å². The van der Waals surface area contributed by atoms with Gasteiger partial charge in [0, 0.05) is 12.0 Å². The van der Waals surface area contributed by atoms with Gasteiger partial charge in [-0.05, 0) is 25.1 Å². The number of rotatable bonds is 6. The van der Waals surface area contributed by atoms with Crippen molar-refractivity contribution in [3.63, 3.8) is 0 Å². The fourth-order valence-corrected chi connectivity index (χ4v) is 2.07. The number of hydrogen-bond donors (Lipinski definition) is 2. The first-order valence-electron chi connectivity index (χ1n) is 6.56. The van der Waals surface area contributed by atoms with Crippen molar-refractivity contribution in [1.29, 1.82) is 0 Å². The highest BCUT2D eigenvalue weighted by atomic mass is 16.5. The zero-order chi connectivity index (χ0) is 13.7. The number of hydrazine groups is 1. The van der Waals surface area contributed by atoms with E-state index in [4.69, 9.17) is 15.0 Å². The third-order valence-corrected chi connectivity index (χ3v) is 3.01. The fraction of sp³-hybridized carbons (Fsp3) is 0.333. The van der Waals surface area contributed by atoms with Gasteiger partial charge in [0.15, 0.2) is 0 Å². The van der Waals surface area contributed by atoms with Gasteiger partial charge in [0.25, 0.3) is 0 Å². The second kappa shape index (κ2) is 6.41. The van der Waals surface area contributed by atoms with Crippen molar-refractivity contribution in [2.45, 2.75) is 26.3 Å². The van der Waals surface area contributed by atoms with Gasteiger partial charge in [0.05, 0.1) is 6.61 Å². The van der Waals surface area contributed by atoms with Crippen LogP contribution in [0.5, 0.6) is 5.75 Å². The van der Waals surface area contributed by atoms with Crippen LogP contribution in [0, 0.1) is 0 Å². The van der Waals surface area contributed by atoms with E-state index in [1.165, 1.54) is 0 Å². The number of ether oxygens (including phenoxy) is 1. The molecule has 1 unspecified atom stereocenters. The van der Waals surface area contributed by atoms with Gasteiger partial charge in [-0.2, -0.15) is 0 Å². The summed E-state index contributed by atoms with van der Waals surface area (Å²) in [5.41, 5.74) is 3.77. The molecule has 0 saturated heterocycles. The molecule has 1 atom stereocenters. The number of nitrogens with one attached hydrogen (secondary N) is 1. The average molecular weight is 260 g/mol. The van der Waals surface area contributed by atoms with Crippen molar-refractivity contribution in [3.8, 4) is 5.75 Å². The molecule has 4 nitrogen and oxygen atoms in total. The molecule has 0 aliphatic rings. The third-order valence-electron chi connectivity index (χ3n) is 3.01. The quantitative estimate of drug-likeness (QED) is 0.619. The van der Waals surface area contributed by atoms with Crippen LogP contribution >= 0.6 is 0 Å². The Balaban J connectivity index is 2.36. The average Bonchev–Trinajstić information content (AvgIpc) is 2.91. The Morgan fingerprint density at radius 1 is 1.21 bits per heavy atom. The first-order valence-corrected chi connectivity index (χ1v) is 6.56. The Morgan fingerprint density at radius 2 is 2.00 bits per heavy atom. The summed E-state index contributed by atoms with van der Waals surface area (Å²) < 4.78 is 11.4. The van der Waals surface area contributed by atoms with Gasteiger partial charge in [-0.15, -0.1) is 0 Å². The summed E-state index contributed by atoms with van der Waals surface area (Å²) in [6.45, 7) is 4.64. The predicted octanol–water partition coefficient (Wildman–Crippen LogP) is 2.79. The highest BCUT2D eigenvalue weighted by molar-refractivity contribution is 5.39. The standard InChI is InChI=1S/C15H20N2O2/c1-3-11-9-10-14(19-11)15(17-16)12-7-5-6-8-13(12)18-4-2/h5-10,15,17H,3-4,16H2,1-2H3. The van der Waals surface area contributed by atoms with Crippen LogP contribution in [-0.4, -0.2) is 6.61 Å². The first-order chi connectivity index (χ1) is 9.30. The normalized spacial score (nSPS) is 12.4. The minimum absolute atomic E-state index is 0.206. The smallest absolute Gasteiger partial charge is 0.127 e. The monoisotopic (exact) mass is 260 g/mol. The van der Waals surface area contributed by atoms with Gasteiger partial charge in [-0.1, -0.05) is 25.1 Å². The Kier molecular flexibility index (Phi) is 4.60. The van der Waals surface area contributed by atoms with E-state index < -0.39 is 0 Å². The lowest BCUT2D eigenvalue weighted by Gasteiger charge is -2.17. The highest BCUT2D eigenvalue weighted by Gasteiger charge is 2.19. The Morgan fingerprint density at radius 3 is 2.63 bits per heavy atom. The largest absolute Gasteiger partial charge is 0.494 e. The molecule has 19 heavy (non-hydrogen) atoms. The van der Waals surface area contributed by atoms with Gasteiger partial charge in [0.1, 0.15) is 23.3 Å². The minimum Gasteiger partial charge on any atom is -0.494 e. The molecule has 0 aliphatic carbocycles. The van der Waals surface area contributed by atoms with E-state index in [9.17, 15) is 0 Å². The fourth-order valence-electron chi connectivity index (χ4n) is 2.07. The van der Waals surface area contributed by atoms with Crippen molar-refractivity contribution in [1.82, 2.24) is 5.43 Å². The molecule has 0 saturated carbocycles. The van der Waals surface area contributed by atoms with E-state index >= 15 is 0 Å². The summed E-state index contributed by atoms with van der Waals surface area (Å²) in [6, 6.07) is 11.6. The summed E-state index contributed by atoms with van der Waals surface area (Å²) in [5.74, 6) is 8.25. The summed E-state index contributed by atoms with van der Waals surface area (Å²) in [4.78, 5) is 0. The van der Waals surface area contributed by atoms with Gasteiger partial charge in [-0.25, -0.2) is 5.43 Å². The van der Waals surface area contributed by atoms with Gasteiger partial charge >= 0.3 is 0 Å². The Bertz CT molecular complexity index is 522. The molecule has 1 heterocycles. The molecule has 0 radical (unpaired) electrons. The van der Waals surface area contributed by atoms with Crippen LogP contribution in [-0.2, 0) is 6.42 Å². The van der Waals surface area contributed by atoms with Crippen LogP contribution in [0.25, 0.3) is 0 Å². The van der Waals surface area contributed by atoms with Crippen LogP contribution in [0.4, 0.5) is 0 Å². The SMILES string of the molecule is CCOc1ccccc1C(NN)c1ccc(CC)o1. The predicted molar refractivity (Wildman–Crippen MR) is 74.9 cm³/mol. The van der Waals surface area contributed by atoms with Crippen LogP contribution in [0.3, 0.4) is 0 Å². The van der Waals surface area contributed by atoms with E-state index in [1.807, 2.05) is 43.3 Å². The summed E-state index contributed by atoms with van der Waals surface area (Å²) in [5, 5.41) is 0. The van der Waals surface area contributed by atoms with Gasteiger partial charge in [-0.3, -0.25) is 5.84 Å². The second-order valence-electron chi connectivity index (χ2n) is 4.23. The molecule has 0 spiro atoms. The van der Waals surface area contributed by atoms with Crippen molar-refractivity contribution < 1.29 is 9.15 Å². The molecule has 0 fully saturated rings. The molecule has 1 aromatic heterocycles. The lowest BCUT2D eigenvalue weighted by molar-refractivity contribution is 0.330. The number of furan rings is 1. The maximum Gasteiger partial charge on any atom is 0.127 e. The topological polar surface area (TPSA) is 60.4 Å². The maximum absolute atomic E-state index is 5.78. The third kappa shape index (κ3) is 2.97. The lowest BCUT2D eigenvalue weighted by atomic mass is 10.0. The van der Waals surface area contributed by atoms with E-state index in [0.29, 0.717) is 6.61 Å². The molecule has 0 bridgehead atoms. The number of benzene rings is 1. The van der Waals surface area contributed by atoms with Crippen LogP contribution in [0.15, 0.2) is 40.8 Å².